The molecule has 0 bridgehead atoms. The second kappa shape index (κ2) is 8.62. The van der Waals surface area contributed by atoms with Crippen LogP contribution in [0.25, 0.3) is 6.08 Å². The molecule has 2 aromatic carbocycles. The van der Waals surface area contributed by atoms with E-state index in [4.69, 9.17) is 4.74 Å². The molecule has 0 aliphatic carbocycles. The number of esters is 1. The van der Waals surface area contributed by atoms with Gasteiger partial charge in [0.25, 0.3) is 0 Å². The third kappa shape index (κ3) is 4.81. The Morgan fingerprint density at radius 2 is 1.67 bits per heavy atom. The third-order valence-corrected chi connectivity index (χ3v) is 4.00. The number of carbonyl (C=O) groups is 1. The fourth-order valence-electron chi connectivity index (χ4n) is 2.52. The van der Waals surface area contributed by atoms with E-state index in [1.165, 1.54) is 43.5 Å². The Kier molecular flexibility index (Phi) is 6.50. The van der Waals surface area contributed by atoms with Gasteiger partial charge in [0.1, 0.15) is 5.75 Å². The number of benzene rings is 2. The summed E-state index contributed by atoms with van der Waals surface area (Å²) in [7, 11) is 2.38. The minimum Gasteiger partial charge on any atom is -0.497 e. The summed E-state index contributed by atoms with van der Waals surface area (Å²) in [4.78, 5) is 12.2. The molecule has 1 atom stereocenters. The van der Waals surface area contributed by atoms with Crippen molar-refractivity contribution in [2.24, 2.45) is 0 Å². The van der Waals surface area contributed by atoms with Crippen molar-refractivity contribution in [1.82, 2.24) is 0 Å². The summed E-state index contributed by atoms with van der Waals surface area (Å²) in [6.45, 7) is 0. The van der Waals surface area contributed by atoms with E-state index >= 15 is 0 Å². The van der Waals surface area contributed by atoms with Gasteiger partial charge >= 0.3 is 12.1 Å². The zero-order valence-corrected chi connectivity index (χ0v) is 14.9. The summed E-state index contributed by atoms with van der Waals surface area (Å²) in [5.74, 6) is -0.927. The molecule has 27 heavy (non-hydrogen) atoms. The quantitative estimate of drug-likeness (QED) is 0.710. The number of methoxy groups -OCH3 is 2. The maximum atomic E-state index is 13.9. The van der Waals surface area contributed by atoms with E-state index in [1.54, 1.807) is 30.3 Å². The molecule has 1 N–H and O–H groups in total. The Morgan fingerprint density at radius 1 is 1.04 bits per heavy atom. The summed E-state index contributed by atoms with van der Waals surface area (Å²) in [6, 6.07) is 14.7. The topological polar surface area (TPSA) is 47.6 Å². The van der Waals surface area contributed by atoms with Gasteiger partial charge in [0.2, 0.25) is 5.54 Å². The zero-order chi connectivity index (χ0) is 19.9. The van der Waals surface area contributed by atoms with Gasteiger partial charge in [0.15, 0.2) is 0 Å². The van der Waals surface area contributed by atoms with Crippen LogP contribution in [-0.2, 0) is 9.53 Å². The standard InChI is InChI=1S/C20H20F3NO3/c1-26-17-12-10-16(11-13-17)24-19(18(25)27-2,20(21,22)23)14-6-9-15-7-4-3-5-8-15/h3-13,24H,14H2,1-2H3/b9-6+. The molecule has 0 saturated carbocycles. The summed E-state index contributed by atoms with van der Waals surface area (Å²) in [5.41, 5.74) is -2.07. The van der Waals surface area contributed by atoms with Crippen LogP contribution in [0.2, 0.25) is 0 Å². The Labute approximate surface area is 155 Å². The monoisotopic (exact) mass is 379 g/mol. The minimum absolute atomic E-state index is 0.117. The van der Waals surface area contributed by atoms with Crippen molar-refractivity contribution in [3.05, 3.63) is 66.2 Å². The first-order valence-electron chi connectivity index (χ1n) is 8.11. The van der Waals surface area contributed by atoms with Gasteiger partial charge in [-0.3, -0.25) is 0 Å². The maximum Gasteiger partial charge on any atom is 0.422 e. The van der Waals surface area contributed by atoms with Crippen LogP contribution >= 0.6 is 0 Å². The first-order chi connectivity index (χ1) is 12.8. The Hall–Kier alpha value is -2.96. The minimum atomic E-state index is -4.89. The van der Waals surface area contributed by atoms with E-state index in [0.717, 1.165) is 12.7 Å². The van der Waals surface area contributed by atoms with Crippen molar-refractivity contribution >= 4 is 17.7 Å². The van der Waals surface area contributed by atoms with Crippen molar-refractivity contribution in [2.45, 2.75) is 18.1 Å². The van der Waals surface area contributed by atoms with Crippen LogP contribution in [0.15, 0.2) is 60.7 Å². The Morgan fingerprint density at radius 3 is 2.19 bits per heavy atom. The average Bonchev–Trinajstić information content (AvgIpc) is 2.67. The van der Waals surface area contributed by atoms with Gasteiger partial charge in [-0.25, -0.2) is 4.79 Å². The molecule has 1 unspecified atom stereocenters. The highest BCUT2D eigenvalue weighted by molar-refractivity contribution is 5.86. The van der Waals surface area contributed by atoms with Crippen LogP contribution in [0.1, 0.15) is 12.0 Å². The Bertz CT molecular complexity index is 773. The molecule has 0 aliphatic heterocycles. The first kappa shape index (κ1) is 20.4. The lowest BCUT2D eigenvalue weighted by Crippen LogP contribution is -2.58. The molecule has 4 nitrogen and oxygen atoms in total. The predicted octanol–water partition coefficient (Wildman–Crippen LogP) is 4.68. The van der Waals surface area contributed by atoms with Crippen LogP contribution in [0.5, 0.6) is 5.75 Å². The maximum absolute atomic E-state index is 13.9. The molecule has 2 rings (SSSR count). The smallest absolute Gasteiger partial charge is 0.422 e. The number of anilines is 1. The normalized spacial score (nSPS) is 13.8. The number of alkyl halides is 3. The molecule has 7 heteroatoms. The summed E-state index contributed by atoms with van der Waals surface area (Å²) >= 11 is 0. The van der Waals surface area contributed by atoms with Gasteiger partial charge in [0.05, 0.1) is 14.2 Å². The van der Waals surface area contributed by atoms with E-state index in [-0.39, 0.29) is 5.69 Å². The average molecular weight is 379 g/mol. The molecule has 0 spiro atoms. The van der Waals surface area contributed by atoms with E-state index in [2.05, 4.69) is 10.1 Å². The van der Waals surface area contributed by atoms with Crippen LogP contribution in [0.3, 0.4) is 0 Å². The third-order valence-electron chi connectivity index (χ3n) is 4.00. The molecule has 0 heterocycles. The molecule has 0 fully saturated rings. The largest absolute Gasteiger partial charge is 0.497 e. The highest BCUT2D eigenvalue weighted by atomic mass is 19.4. The fraction of sp³-hybridized carbons (Fsp3) is 0.250. The van der Waals surface area contributed by atoms with Crippen molar-refractivity contribution in [2.75, 3.05) is 19.5 Å². The highest BCUT2D eigenvalue weighted by Gasteiger charge is 2.61. The number of rotatable bonds is 7. The van der Waals surface area contributed by atoms with Gasteiger partial charge in [0, 0.05) is 12.1 Å². The number of hydrogen-bond acceptors (Lipinski definition) is 4. The molecule has 0 radical (unpaired) electrons. The SMILES string of the molecule is COC(=O)C(C/C=C/c1ccccc1)(Nc1ccc(OC)cc1)C(F)(F)F. The van der Waals surface area contributed by atoms with E-state index in [1.807, 2.05) is 0 Å². The lowest BCUT2D eigenvalue weighted by Gasteiger charge is -2.34. The second-order valence-electron chi connectivity index (χ2n) is 5.77. The van der Waals surface area contributed by atoms with E-state index in [9.17, 15) is 18.0 Å². The number of nitrogens with one attached hydrogen (secondary N) is 1. The highest BCUT2D eigenvalue weighted by Crippen LogP contribution is 2.38. The summed E-state index contributed by atoms with van der Waals surface area (Å²) < 4.78 is 51.3. The number of halogens is 3. The van der Waals surface area contributed by atoms with Gasteiger partial charge in [-0.15, -0.1) is 0 Å². The molecule has 0 aromatic heterocycles. The molecular formula is C20H20F3NO3. The lowest BCUT2D eigenvalue weighted by atomic mass is 9.92. The first-order valence-corrected chi connectivity index (χ1v) is 8.11. The van der Waals surface area contributed by atoms with Gasteiger partial charge in [-0.2, -0.15) is 13.2 Å². The number of hydrogen-bond donors (Lipinski definition) is 1. The molecule has 2 aromatic rings. The van der Waals surface area contributed by atoms with Crippen LogP contribution in [-0.4, -0.2) is 31.9 Å². The molecule has 0 aliphatic rings. The van der Waals surface area contributed by atoms with Crippen LogP contribution in [0.4, 0.5) is 18.9 Å². The van der Waals surface area contributed by atoms with E-state index < -0.39 is 24.1 Å². The molecule has 144 valence electrons. The lowest BCUT2D eigenvalue weighted by molar-refractivity contribution is -0.198. The van der Waals surface area contributed by atoms with E-state index in [0.29, 0.717) is 5.75 Å². The van der Waals surface area contributed by atoms with Crippen LogP contribution < -0.4 is 10.1 Å². The van der Waals surface area contributed by atoms with Crippen LogP contribution in [0, 0.1) is 0 Å². The zero-order valence-electron chi connectivity index (χ0n) is 14.9. The summed E-state index contributed by atoms with van der Waals surface area (Å²) in [5, 5.41) is 2.31. The second-order valence-corrected chi connectivity index (χ2v) is 5.77. The molecular weight excluding hydrogens is 359 g/mol. The molecule has 0 amide bonds. The Balaban J connectivity index is 2.36. The van der Waals surface area contributed by atoms with Gasteiger partial charge in [-0.05, 0) is 29.8 Å². The predicted molar refractivity (Wildman–Crippen MR) is 97.5 cm³/mol. The van der Waals surface area contributed by atoms with Crippen molar-refractivity contribution in [3.8, 4) is 5.75 Å². The van der Waals surface area contributed by atoms with Crippen molar-refractivity contribution in [3.63, 3.8) is 0 Å². The number of carbonyl (C=O) groups excluding carboxylic acids is 1. The fourth-order valence-corrected chi connectivity index (χ4v) is 2.52. The van der Waals surface area contributed by atoms with Crippen molar-refractivity contribution < 1.29 is 27.4 Å². The van der Waals surface area contributed by atoms with Gasteiger partial charge in [-0.1, -0.05) is 42.5 Å². The van der Waals surface area contributed by atoms with Gasteiger partial charge < -0.3 is 14.8 Å². The van der Waals surface area contributed by atoms with Crippen molar-refractivity contribution in [1.29, 1.82) is 0 Å². The number of ether oxygens (including phenoxy) is 2. The summed E-state index contributed by atoms with van der Waals surface area (Å²) in [6.07, 6.45) is -2.69. The molecule has 0 saturated heterocycles.